The van der Waals surface area contributed by atoms with Crippen LogP contribution in [0.25, 0.3) is 11.1 Å². The molecule has 1 aromatic carbocycles. The molecule has 0 atom stereocenters. The minimum absolute atomic E-state index is 0.138. The third kappa shape index (κ3) is 2.16. The molecule has 1 aliphatic carbocycles. The predicted octanol–water partition coefficient (Wildman–Crippen LogP) is 4.91. The van der Waals surface area contributed by atoms with E-state index in [9.17, 15) is 0 Å². The minimum Gasteiger partial charge on any atom is -0.367 e. The summed E-state index contributed by atoms with van der Waals surface area (Å²) in [5.74, 6) is 0.429. The van der Waals surface area contributed by atoms with Gasteiger partial charge in [0.1, 0.15) is 0 Å². The first-order valence-electron chi connectivity index (χ1n) is 7.18. The fourth-order valence-electron chi connectivity index (χ4n) is 3.40. The average Bonchev–Trinajstić information content (AvgIpc) is 3.06. The Morgan fingerprint density at radius 1 is 1.35 bits per heavy atom. The summed E-state index contributed by atoms with van der Waals surface area (Å²) in [6.07, 6.45) is 5.96. The molecule has 0 unspecified atom stereocenters. The molecule has 1 aromatic heterocycles. The first-order valence-corrected chi connectivity index (χ1v) is 7.97. The number of nitrogen functional groups attached to an aromatic ring is 1. The number of anilines is 1. The van der Waals surface area contributed by atoms with Gasteiger partial charge in [-0.05, 0) is 37.0 Å². The summed E-state index contributed by atoms with van der Waals surface area (Å²) in [5.41, 5.74) is 9.31. The molecule has 3 nitrogen and oxygen atoms in total. The molecular formula is C16H19BrN2O. The summed E-state index contributed by atoms with van der Waals surface area (Å²) < 4.78 is 6.38. The molecule has 4 heteroatoms. The summed E-state index contributed by atoms with van der Waals surface area (Å²) in [6.45, 7) is 2.24. The second-order valence-electron chi connectivity index (χ2n) is 5.62. The average molecular weight is 335 g/mol. The van der Waals surface area contributed by atoms with E-state index in [1.807, 2.05) is 12.1 Å². The Bertz CT molecular complexity index is 615. The van der Waals surface area contributed by atoms with Crippen LogP contribution in [0.3, 0.4) is 0 Å². The molecule has 0 saturated heterocycles. The van der Waals surface area contributed by atoms with Crippen LogP contribution in [0.2, 0.25) is 0 Å². The molecule has 1 saturated carbocycles. The zero-order valence-corrected chi connectivity index (χ0v) is 13.2. The van der Waals surface area contributed by atoms with Crippen molar-refractivity contribution in [2.45, 2.75) is 44.4 Å². The lowest BCUT2D eigenvalue weighted by Gasteiger charge is -2.26. The number of rotatable bonds is 3. The smallest absolute Gasteiger partial charge is 0.230 e. The molecule has 1 aliphatic rings. The van der Waals surface area contributed by atoms with Crippen molar-refractivity contribution in [2.75, 3.05) is 5.73 Å². The Morgan fingerprint density at radius 3 is 2.75 bits per heavy atom. The maximum atomic E-state index is 6.06. The van der Waals surface area contributed by atoms with Crippen molar-refractivity contribution in [3.63, 3.8) is 0 Å². The predicted molar refractivity (Wildman–Crippen MR) is 84.5 cm³/mol. The number of hydrogen-bond acceptors (Lipinski definition) is 3. The van der Waals surface area contributed by atoms with E-state index in [4.69, 9.17) is 10.3 Å². The van der Waals surface area contributed by atoms with Gasteiger partial charge < -0.3 is 10.3 Å². The van der Waals surface area contributed by atoms with Crippen LogP contribution < -0.4 is 5.73 Å². The summed E-state index contributed by atoms with van der Waals surface area (Å²) in [4.78, 5) is 0. The summed E-state index contributed by atoms with van der Waals surface area (Å²) >= 11 is 3.52. The van der Waals surface area contributed by atoms with E-state index in [0.29, 0.717) is 5.88 Å². The van der Waals surface area contributed by atoms with E-state index in [-0.39, 0.29) is 5.41 Å². The van der Waals surface area contributed by atoms with Crippen molar-refractivity contribution < 1.29 is 4.52 Å². The van der Waals surface area contributed by atoms with Crippen LogP contribution >= 0.6 is 15.9 Å². The zero-order valence-electron chi connectivity index (χ0n) is 11.7. The van der Waals surface area contributed by atoms with Gasteiger partial charge in [-0.15, -0.1) is 0 Å². The van der Waals surface area contributed by atoms with Crippen LogP contribution in [0.1, 0.15) is 44.7 Å². The first kappa shape index (κ1) is 13.7. The zero-order chi connectivity index (χ0) is 14.2. The number of aromatic nitrogens is 1. The third-order valence-corrected chi connectivity index (χ3v) is 5.06. The van der Waals surface area contributed by atoms with Gasteiger partial charge in [0.25, 0.3) is 0 Å². The molecular weight excluding hydrogens is 316 g/mol. The van der Waals surface area contributed by atoms with Crippen LogP contribution in [-0.4, -0.2) is 5.16 Å². The number of halogens is 1. The van der Waals surface area contributed by atoms with Crippen molar-refractivity contribution in [2.24, 2.45) is 0 Å². The van der Waals surface area contributed by atoms with E-state index in [1.54, 1.807) is 0 Å². The van der Waals surface area contributed by atoms with Crippen molar-refractivity contribution in [1.29, 1.82) is 0 Å². The van der Waals surface area contributed by atoms with Gasteiger partial charge in [-0.25, -0.2) is 0 Å². The highest BCUT2D eigenvalue weighted by Crippen LogP contribution is 2.48. The van der Waals surface area contributed by atoms with Crippen LogP contribution in [-0.2, 0) is 5.41 Å². The lowest BCUT2D eigenvalue weighted by Crippen LogP contribution is -2.22. The maximum Gasteiger partial charge on any atom is 0.230 e. The standard InChI is InChI=1S/C16H19BrN2O/c1-2-16(8-3-4-9-16)14-13(15(18)20-19-14)11-6-5-7-12(17)10-11/h5-7,10H,2-4,8-9,18H2,1H3. The highest BCUT2D eigenvalue weighted by Gasteiger charge is 2.39. The number of nitrogens with two attached hydrogens (primary N) is 1. The van der Waals surface area contributed by atoms with Gasteiger partial charge in [-0.3, -0.25) is 0 Å². The molecule has 106 valence electrons. The second-order valence-corrected chi connectivity index (χ2v) is 6.54. The Kier molecular flexibility index (Phi) is 3.59. The summed E-state index contributed by atoms with van der Waals surface area (Å²) in [6, 6.07) is 8.17. The van der Waals surface area contributed by atoms with Crippen molar-refractivity contribution in [3.05, 3.63) is 34.4 Å². The number of nitrogens with zero attached hydrogens (tertiary/aromatic N) is 1. The van der Waals surface area contributed by atoms with Crippen LogP contribution in [0.5, 0.6) is 0 Å². The Balaban J connectivity index is 2.15. The number of benzene rings is 1. The van der Waals surface area contributed by atoms with E-state index < -0.39 is 0 Å². The molecule has 20 heavy (non-hydrogen) atoms. The molecule has 2 N–H and O–H groups in total. The first-order chi connectivity index (χ1) is 9.66. The molecule has 0 aliphatic heterocycles. The molecule has 1 heterocycles. The highest BCUT2D eigenvalue weighted by atomic mass is 79.9. The van der Waals surface area contributed by atoms with Gasteiger partial charge in [0.2, 0.25) is 5.88 Å². The monoisotopic (exact) mass is 334 g/mol. The molecule has 0 radical (unpaired) electrons. The fourth-order valence-corrected chi connectivity index (χ4v) is 3.80. The van der Waals surface area contributed by atoms with E-state index in [1.165, 1.54) is 25.7 Å². The normalized spacial score (nSPS) is 17.5. The topological polar surface area (TPSA) is 52.0 Å². The molecule has 0 bridgehead atoms. The SMILES string of the molecule is CCC1(c2noc(N)c2-c2cccc(Br)c2)CCCC1. The Hall–Kier alpha value is -1.29. The van der Waals surface area contributed by atoms with E-state index >= 15 is 0 Å². The minimum atomic E-state index is 0.138. The van der Waals surface area contributed by atoms with Gasteiger partial charge in [0.15, 0.2) is 0 Å². The Labute approximate surface area is 127 Å². The van der Waals surface area contributed by atoms with Crippen LogP contribution in [0, 0.1) is 0 Å². The van der Waals surface area contributed by atoms with Gasteiger partial charge in [0, 0.05) is 9.89 Å². The van der Waals surface area contributed by atoms with Crippen LogP contribution in [0.15, 0.2) is 33.3 Å². The van der Waals surface area contributed by atoms with Gasteiger partial charge in [0.05, 0.1) is 11.3 Å². The lowest BCUT2D eigenvalue weighted by atomic mass is 9.77. The van der Waals surface area contributed by atoms with Gasteiger partial charge >= 0.3 is 0 Å². The summed E-state index contributed by atoms with van der Waals surface area (Å²) in [7, 11) is 0. The largest absolute Gasteiger partial charge is 0.367 e. The van der Waals surface area contributed by atoms with E-state index in [2.05, 4.69) is 40.1 Å². The highest BCUT2D eigenvalue weighted by molar-refractivity contribution is 9.10. The third-order valence-electron chi connectivity index (χ3n) is 4.57. The maximum absolute atomic E-state index is 6.06. The molecule has 0 amide bonds. The number of hydrogen-bond donors (Lipinski definition) is 1. The van der Waals surface area contributed by atoms with Crippen molar-refractivity contribution in [3.8, 4) is 11.1 Å². The molecule has 0 spiro atoms. The molecule has 3 rings (SSSR count). The van der Waals surface area contributed by atoms with Gasteiger partial charge in [-0.2, -0.15) is 0 Å². The molecule has 1 fully saturated rings. The summed E-state index contributed by atoms with van der Waals surface area (Å²) in [5, 5.41) is 4.33. The van der Waals surface area contributed by atoms with Gasteiger partial charge in [-0.1, -0.05) is 53.0 Å². The van der Waals surface area contributed by atoms with E-state index in [0.717, 1.165) is 27.7 Å². The molecule has 2 aromatic rings. The Morgan fingerprint density at radius 2 is 2.10 bits per heavy atom. The van der Waals surface area contributed by atoms with Crippen molar-refractivity contribution >= 4 is 21.8 Å². The van der Waals surface area contributed by atoms with Crippen molar-refractivity contribution in [1.82, 2.24) is 5.16 Å². The van der Waals surface area contributed by atoms with Crippen LogP contribution in [0.4, 0.5) is 5.88 Å². The fraction of sp³-hybridized carbons (Fsp3) is 0.438. The lowest BCUT2D eigenvalue weighted by molar-refractivity contribution is 0.361. The second kappa shape index (κ2) is 5.24. The quantitative estimate of drug-likeness (QED) is 0.867.